The van der Waals surface area contributed by atoms with E-state index < -0.39 is 0 Å². The number of nitrogens with one attached hydrogen (secondary N) is 1. The molecular formula is C31H37N4O3S. The van der Waals surface area contributed by atoms with Gasteiger partial charge in [-0.1, -0.05) is 19.4 Å². The van der Waals surface area contributed by atoms with Crippen molar-refractivity contribution in [1.29, 1.82) is 0 Å². The van der Waals surface area contributed by atoms with Crippen LogP contribution in [-0.2, 0) is 6.42 Å². The van der Waals surface area contributed by atoms with Crippen molar-refractivity contribution in [3.8, 4) is 17.0 Å². The number of anilines is 1. The zero-order chi connectivity index (χ0) is 27.2. The van der Waals surface area contributed by atoms with E-state index in [9.17, 15) is 9.59 Å². The summed E-state index contributed by atoms with van der Waals surface area (Å²) in [5.41, 5.74) is 4.06. The first-order valence-electron chi connectivity index (χ1n) is 13.9. The Bertz CT molecular complexity index is 1280. The average molecular weight is 546 g/mol. The van der Waals surface area contributed by atoms with Gasteiger partial charge in [0.25, 0.3) is 11.8 Å². The third-order valence-electron chi connectivity index (χ3n) is 7.73. The van der Waals surface area contributed by atoms with Crippen LogP contribution in [-0.4, -0.2) is 65.9 Å². The van der Waals surface area contributed by atoms with Gasteiger partial charge in [0.2, 0.25) is 0 Å². The summed E-state index contributed by atoms with van der Waals surface area (Å²) in [5, 5.41) is 5.36. The second kappa shape index (κ2) is 12.7. The van der Waals surface area contributed by atoms with Crippen molar-refractivity contribution in [2.45, 2.75) is 51.5 Å². The van der Waals surface area contributed by atoms with Crippen LogP contribution in [0.1, 0.15) is 65.3 Å². The fourth-order valence-electron chi connectivity index (χ4n) is 5.43. The molecule has 7 nitrogen and oxygen atoms in total. The van der Waals surface area contributed by atoms with Crippen LogP contribution in [0.4, 0.5) is 5.13 Å². The van der Waals surface area contributed by atoms with Gasteiger partial charge in [0.1, 0.15) is 5.75 Å². The molecule has 8 heteroatoms. The summed E-state index contributed by atoms with van der Waals surface area (Å²) < 4.78 is 5.56. The molecule has 3 aromatic rings. The third kappa shape index (κ3) is 6.50. The van der Waals surface area contributed by atoms with Crippen LogP contribution in [0.5, 0.6) is 5.75 Å². The molecule has 0 aliphatic carbocycles. The lowest BCUT2D eigenvalue weighted by atomic mass is 10.0. The maximum atomic E-state index is 13.1. The van der Waals surface area contributed by atoms with Gasteiger partial charge >= 0.3 is 0 Å². The largest absolute Gasteiger partial charge is 0.496 e. The first-order chi connectivity index (χ1) is 19.1. The molecule has 1 radical (unpaired) electrons. The summed E-state index contributed by atoms with van der Waals surface area (Å²) in [4.78, 5) is 35.1. The second-order valence-electron chi connectivity index (χ2n) is 10.3. The number of methoxy groups -OCH3 is 1. The molecule has 0 spiro atoms. The number of carbonyl (C=O) groups is 2. The van der Waals surface area contributed by atoms with E-state index >= 15 is 0 Å². The number of amides is 2. The number of benzene rings is 2. The van der Waals surface area contributed by atoms with Crippen molar-refractivity contribution >= 4 is 28.3 Å². The Morgan fingerprint density at radius 3 is 2.54 bits per heavy atom. The summed E-state index contributed by atoms with van der Waals surface area (Å²) in [7, 11) is 1.66. The Hall–Kier alpha value is -3.23. The van der Waals surface area contributed by atoms with Gasteiger partial charge in [-0.25, -0.2) is 4.98 Å². The topological polar surface area (TPSA) is 74.8 Å². The molecule has 2 amide bonds. The predicted octanol–water partition coefficient (Wildman–Crippen LogP) is 5.93. The quantitative estimate of drug-likeness (QED) is 0.361. The molecule has 2 aliphatic heterocycles. The van der Waals surface area contributed by atoms with Gasteiger partial charge in [-0.05, 0) is 87.0 Å². The minimum atomic E-state index is -0.248. The number of likely N-dealkylation sites (tertiary alicyclic amines) is 2. The SMILES string of the molecule is CCCCc1ccc(OC)c(-c2csc(NC(=O)c3ccc(C(=O)N4CCC(N5C[CH]CC5)CC4)cc3)n2)c1. The first-order valence-corrected chi connectivity index (χ1v) is 14.8. The molecule has 5 rings (SSSR count). The number of thiazole rings is 1. The smallest absolute Gasteiger partial charge is 0.257 e. The molecule has 0 atom stereocenters. The Morgan fingerprint density at radius 2 is 1.85 bits per heavy atom. The molecule has 2 fully saturated rings. The maximum absolute atomic E-state index is 13.1. The van der Waals surface area contributed by atoms with Crippen LogP contribution < -0.4 is 10.1 Å². The molecule has 1 aromatic heterocycles. The summed E-state index contributed by atoms with van der Waals surface area (Å²) in [5.74, 6) is 0.548. The van der Waals surface area contributed by atoms with E-state index in [0.717, 1.165) is 75.3 Å². The van der Waals surface area contributed by atoms with Crippen LogP contribution >= 0.6 is 11.3 Å². The van der Waals surface area contributed by atoms with Gasteiger partial charge in [0.15, 0.2) is 5.13 Å². The first kappa shape index (κ1) is 27.3. The van der Waals surface area contributed by atoms with E-state index in [1.807, 2.05) is 16.3 Å². The number of hydrogen-bond acceptors (Lipinski definition) is 6. The zero-order valence-electron chi connectivity index (χ0n) is 22.8. The molecule has 205 valence electrons. The molecule has 0 unspecified atom stereocenters. The van der Waals surface area contributed by atoms with Crippen LogP contribution in [0.25, 0.3) is 11.3 Å². The van der Waals surface area contributed by atoms with E-state index in [-0.39, 0.29) is 11.8 Å². The van der Waals surface area contributed by atoms with Crippen LogP contribution in [0.15, 0.2) is 47.8 Å². The van der Waals surface area contributed by atoms with Crippen molar-refractivity contribution in [3.63, 3.8) is 0 Å². The number of carbonyl (C=O) groups excluding carboxylic acids is 2. The molecule has 3 heterocycles. The molecule has 0 bridgehead atoms. The number of ether oxygens (including phenoxy) is 1. The summed E-state index contributed by atoms with van der Waals surface area (Å²) in [6.45, 7) is 5.96. The fourth-order valence-corrected chi connectivity index (χ4v) is 6.14. The van der Waals surface area contributed by atoms with Crippen molar-refractivity contribution in [3.05, 3.63) is 71.0 Å². The predicted molar refractivity (Wildman–Crippen MR) is 157 cm³/mol. The zero-order valence-corrected chi connectivity index (χ0v) is 23.6. The lowest BCUT2D eigenvalue weighted by molar-refractivity contribution is 0.0646. The highest BCUT2D eigenvalue weighted by molar-refractivity contribution is 7.14. The fraction of sp³-hybridized carbons (Fsp3) is 0.419. The number of aromatic nitrogens is 1. The number of aryl methyl sites for hydroxylation is 1. The average Bonchev–Trinajstić information content (AvgIpc) is 3.69. The molecule has 39 heavy (non-hydrogen) atoms. The summed E-state index contributed by atoms with van der Waals surface area (Å²) >= 11 is 1.38. The van der Waals surface area contributed by atoms with E-state index in [2.05, 4.69) is 40.7 Å². The Balaban J connectivity index is 1.19. The van der Waals surface area contributed by atoms with E-state index in [1.54, 1.807) is 31.4 Å². The summed E-state index contributed by atoms with van der Waals surface area (Å²) in [6, 6.07) is 13.7. The van der Waals surface area contributed by atoms with Crippen molar-refractivity contribution in [1.82, 2.24) is 14.8 Å². The van der Waals surface area contributed by atoms with Gasteiger partial charge in [-0.15, -0.1) is 11.3 Å². The molecule has 0 saturated carbocycles. The van der Waals surface area contributed by atoms with E-state index in [0.29, 0.717) is 22.3 Å². The summed E-state index contributed by atoms with van der Waals surface area (Å²) in [6.07, 6.45) is 8.83. The Labute approximate surface area is 235 Å². The molecule has 1 N–H and O–H groups in total. The van der Waals surface area contributed by atoms with Gasteiger partial charge in [0.05, 0.1) is 12.8 Å². The monoisotopic (exact) mass is 545 g/mol. The lowest BCUT2D eigenvalue weighted by Crippen LogP contribution is -2.45. The molecule has 2 saturated heterocycles. The van der Waals surface area contributed by atoms with Crippen molar-refractivity contribution in [2.24, 2.45) is 0 Å². The Kier molecular flexibility index (Phi) is 8.94. The van der Waals surface area contributed by atoms with Crippen LogP contribution in [0, 0.1) is 6.42 Å². The highest BCUT2D eigenvalue weighted by Crippen LogP contribution is 2.33. The van der Waals surface area contributed by atoms with Gasteiger partial charge < -0.3 is 9.64 Å². The minimum absolute atomic E-state index is 0.0353. The van der Waals surface area contributed by atoms with Crippen LogP contribution in [0.3, 0.4) is 0 Å². The standard InChI is InChI=1S/C31H37N4O3S/c1-3-4-7-22-8-13-28(38-2)26(20-22)27-21-39-31(32-27)33-29(36)23-9-11-24(12-10-23)30(37)35-18-14-25(15-19-35)34-16-5-6-17-34/h5,8-13,20-21,25H,3-4,6-7,14-19H2,1-2H3,(H,32,33,36). The highest BCUT2D eigenvalue weighted by atomic mass is 32.1. The number of rotatable bonds is 9. The normalized spacial score (nSPS) is 16.4. The van der Waals surface area contributed by atoms with Gasteiger partial charge in [-0.3, -0.25) is 19.8 Å². The van der Waals surface area contributed by atoms with E-state index in [1.165, 1.54) is 23.3 Å². The number of hydrogen-bond donors (Lipinski definition) is 1. The van der Waals surface area contributed by atoms with Gasteiger partial charge in [0, 0.05) is 47.7 Å². The number of unbranched alkanes of at least 4 members (excludes halogenated alkanes) is 1. The highest BCUT2D eigenvalue weighted by Gasteiger charge is 2.28. The molecular weight excluding hydrogens is 508 g/mol. The molecule has 2 aliphatic rings. The van der Waals surface area contributed by atoms with Crippen molar-refractivity contribution < 1.29 is 14.3 Å². The third-order valence-corrected chi connectivity index (χ3v) is 8.49. The second-order valence-corrected chi connectivity index (χ2v) is 11.2. The minimum Gasteiger partial charge on any atom is -0.496 e. The maximum Gasteiger partial charge on any atom is 0.257 e. The number of piperidine rings is 1. The van der Waals surface area contributed by atoms with E-state index in [4.69, 9.17) is 4.74 Å². The molecule has 2 aromatic carbocycles. The van der Waals surface area contributed by atoms with Crippen LogP contribution in [0.2, 0.25) is 0 Å². The van der Waals surface area contributed by atoms with Crippen molar-refractivity contribution in [2.75, 3.05) is 38.6 Å². The number of nitrogens with zero attached hydrogens (tertiary/aromatic N) is 3. The van der Waals surface area contributed by atoms with Gasteiger partial charge in [-0.2, -0.15) is 0 Å². The Morgan fingerprint density at radius 1 is 1.08 bits per heavy atom. The lowest BCUT2D eigenvalue weighted by Gasteiger charge is -2.36.